The lowest BCUT2D eigenvalue weighted by Gasteiger charge is -2.15. The molecule has 0 amide bonds. The van der Waals surface area contributed by atoms with Gasteiger partial charge in [0.15, 0.2) is 0 Å². The van der Waals surface area contributed by atoms with Gasteiger partial charge in [0.1, 0.15) is 0 Å². The average Bonchev–Trinajstić information content (AvgIpc) is 2.00. The molecule has 0 atom stereocenters. The zero-order valence-corrected chi connectivity index (χ0v) is 10.7. The van der Waals surface area contributed by atoms with Crippen molar-refractivity contribution in [2.45, 2.75) is 34.6 Å². The maximum atomic E-state index is 4.02. The third kappa shape index (κ3) is 4.16. The van der Waals surface area contributed by atoms with Gasteiger partial charge >= 0.3 is 0 Å². The Balaban J connectivity index is 5.64. The van der Waals surface area contributed by atoms with E-state index in [9.17, 15) is 0 Å². The van der Waals surface area contributed by atoms with Crippen molar-refractivity contribution in [3.63, 3.8) is 0 Å². The van der Waals surface area contributed by atoms with Crippen LogP contribution in [-0.2, 0) is 0 Å². The first-order chi connectivity index (χ1) is 6.77. The van der Waals surface area contributed by atoms with E-state index in [0.29, 0.717) is 0 Å². The van der Waals surface area contributed by atoms with E-state index < -0.39 is 0 Å². The van der Waals surface area contributed by atoms with Gasteiger partial charge in [-0.3, -0.25) is 0 Å². The Bertz CT molecular complexity index is 355. The van der Waals surface area contributed by atoms with Crippen LogP contribution in [0.2, 0.25) is 0 Å². The molecule has 0 aromatic heterocycles. The van der Waals surface area contributed by atoms with Crippen LogP contribution in [0.15, 0.2) is 59.3 Å². The van der Waals surface area contributed by atoms with Gasteiger partial charge in [0.25, 0.3) is 0 Å². The first kappa shape index (κ1) is 13.7. The molecule has 0 heterocycles. The Hall–Kier alpha value is -1.30. The topological polar surface area (TPSA) is 0 Å². The molecule has 0 saturated heterocycles. The van der Waals surface area contributed by atoms with E-state index in [1.807, 2.05) is 20.8 Å². The van der Waals surface area contributed by atoms with Crippen LogP contribution in [0.4, 0.5) is 0 Å². The maximum absolute atomic E-state index is 4.02. The predicted molar refractivity (Wildman–Crippen MR) is 70.9 cm³/mol. The summed E-state index contributed by atoms with van der Waals surface area (Å²) < 4.78 is 0. The minimum atomic E-state index is 1.04. The van der Waals surface area contributed by atoms with Gasteiger partial charge in [-0.15, -0.1) is 0 Å². The first-order valence-corrected chi connectivity index (χ1v) is 5.14. The van der Waals surface area contributed by atoms with Gasteiger partial charge in [-0.1, -0.05) is 48.1 Å². The Morgan fingerprint density at radius 1 is 0.800 bits per heavy atom. The fourth-order valence-electron chi connectivity index (χ4n) is 1.58. The molecule has 82 valence electrons. The molecular formula is C15H22. The van der Waals surface area contributed by atoms with Crippen molar-refractivity contribution in [3.8, 4) is 0 Å². The standard InChI is InChI=1S/C15H22/c1-10(2)9-14(11(3)4)15(12(5)6)13(7)8/h9H,1,3,5H2,2,4,6-8H3/b14-9-. The molecule has 0 aromatic carbocycles. The second-order valence-electron chi connectivity index (χ2n) is 4.34. The Morgan fingerprint density at radius 3 is 1.47 bits per heavy atom. The van der Waals surface area contributed by atoms with Crippen LogP contribution in [0.25, 0.3) is 0 Å². The summed E-state index contributed by atoms with van der Waals surface area (Å²) in [5.41, 5.74) is 6.77. The second kappa shape index (κ2) is 5.55. The normalized spacial score (nSPS) is 10.9. The van der Waals surface area contributed by atoms with Crippen LogP contribution in [0.5, 0.6) is 0 Å². The summed E-state index contributed by atoms with van der Waals surface area (Å²) in [6.45, 7) is 22.2. The van der Waals surface area contributed by atoms with Crippen molar-refractivity contribution in [2.24, 2.45) is 0 Å². The smallest absolute Gasteiger partial charge is 0.0156 e. The SMILES string of the molecule is C=C(C)/C=C(/C(=C)C)C(C(=C)C)=C(C)C. The van der Waals surface area contributed by atoms with Gasteiger partial charge in [-0.25, -0.2) is 0 Å². The summed E-state index contributed by atoms with van der Waals surface area (Å²) in [5.74, 6) is 0. The zero-order valence-electron chi connectivity index (χ0n) is 10.7. The van der Waals surface area contributed by atoms with Crippen molar-refractivity contribution in [1.29, 1.82) is 0 Å². The van der Waals surface area contributed by atoms with Crippen LogP contribution in [0.1, 0.15) is 34.6 Å². The Labute approximate surface area is 94.4 Å². The lowest BCUT2D eigenvalue weighted by atomic mass is 9.90. The molecule has 0 N–H and O–H groups in total. The molecule has 0 aliphatic rings. The van der Waals surface area contributed by atoms with Crippen LogP contribution in [-0.4, -0.2) is 0 Å². The molecule has 0 aliphatic heterocycles. The van der Waals surface area contributed by atoms with E-state index in [-0.39, 0.29) is 0 Å². The van der Waals surface area contributed by atoms with E-state index in [2.05, 4.69) is 39.7 Å². The van der Waals surface area contributed by atoms with E-state index >= 15 is 0 Å². The molecule has 0 rings (SSSR count). The highest BCUT2D eigenvalue weighted by molar-refractivity contribution is 5.56. The molecule has 0 heteroatoms. The fourth-order valence-corrected chi connectivity index (χ4v) is 1.58. The molecule has 0 aliphatic carbocycles. The van der Waals surface area contributed by atoms with E-state index in [1.165, 1.54) is 11.1 Å². The quantitative estimate of drug-likeness (QED) is 0.564. The highest BCUT2D eigenvalue weighted by Crippen LogP contribution is 2.27. The summed E-state index contributed by atoms with van der Waals surface area (Å²) in [6, 6.07) is 0. The van der Waals surface area contributed by atoms with Gasteiger partial charge in [-0.2, -0.15) is 0 Å². The van der Waals surface area contributed by atoms with Crippen molar-refractivity contribution < 1.29 is 0 Å². The lowest BCUT2D eigenvalue weighted by molar-refractivity contribution is 1.22. The molecule has 0 spiro atoms. The van der Waals surface area contributed by atoms with Crippen LogP contribution < -0.4 is 0 Å². The molecular weight excluding hydrogens is 180 g/mol. The third-order valence-corrected chi connectivity index (χ3v) is 2.05. The highest BCUT2D eigenvalue weighted by Gasteiger charge is 2.08. The maximum Gasteiger partial charge on any atom is -0.0156 e. The number of hydrogen-bond donors (Lipinski definition) is 0. The largest absolute Gasteiger partial charge is 0.0961 e. The van der Waals surface area contributed by atoms with Gasteiger partial charge in [0.2, 0.25) is 0 Å². The average molecular weight is 202 g/mol. The minimum Gasteiger partial charge on any atom is -0.0961 e. The number of rotatable bonds is 4. The summed E-state index contributed by atoms with van der Waals surface area (Å²) >= 11 is 0. The molecule has 15 heavy (non-hydrogen) atoms. The van der Waals surface area contributed by atoms with Crippen molar-refractivity contribution in [3.05, 3.63) is 59.3 Å². The van der Waals surface area contributed by atoms with Crippen molar-refractivity contribution in [2.75, 3.05) is 0 Å². The van der Waals surface area contributed by atoms with Gasteiger partial charge in [-0.05, 0) is 45.8 Å². The zero-order chi connectivity index (χ0) is 12.2. The minimum absolute atomic E-state index is 1.04. The summed E-state index contributed by atoms with van der Waals surface area (Å²) in [4.78, 5) is 0. The summed E-state index contributed by atoms with van der Waals surface area (Å²) in [6.07, 6.45) is 2.07. The van der Waals surface area contributed by atoms with Crippen molar-refractivity contribution in [1.82, 2.24) is 0 Å². The predicted octanol–water partition coefficient (Wildman–Crippen LogP) is 4.98. The monoisotopic (exact) mass is 202 g/mol. The molecule has 0 bridgehead atoms. The van der Waals surface area contributed by atoms with Crippen LogP contribution in [0, 0.1) is 0 Å². The Morgan fingerprint density at radius 2 is 1.27 bits per heavy atom. The van der Waals surface area contributed by atoms with Gasteiger partial charge in [0.05, 0.1) is 0 Å². The van der Waals surface area contributed by atoms with Crippen LogP contribution in [0.3, 0.4) is 0 Å². The second-order valence-corrected chi connectivity index (χ2v) is 4.34. The van der Waals surface area contributed by atoms with E-state index in [0.717, 1.165) is 22.3 Å². The molecule has 0 saturated carbocycles. The fraction of sp³-hybridized carbons (Fsp3) is 0.333. The highest BCUT2D eigenvalue weighted by atomic mass is 14.1. The number of allylic oxidation sites excluding steroid dienone is 7. The van der Waals surface area contributed by atoms with Gasteiger partial charge in [0, 0.05) is 0 Å². The molecule has 0 aromatic rings. The lowest BCUT2D eigenvalue weighted by Crippen LogP contribution is -1.95. The van der Waals surface area contributed by atoms with Crippen LogP contribution >= 0.6 is 0 Å². The van der Waals surface area contributed by atoms with E-state index in [1.54, 1.807) is 0 Å². The molecule has 0 fully saturated rings. The molecule has 0 unspecified atom stereocenters. The first-order valence-electron chi connectivity index (χ1n) is 5.14. The molecule has 0 radical (unpaired) electrons. The number of hydrogen-bond acceptors (Lipinski definition) is 0. The van der Waals surface area contributed by atoms with Gasteiger partial charge < -0.3 is 0 Å². The summed E-state index contributed by atoms with van der Waals surface area (Å²) in [5, 5.41) is 0. The van der Waals surface area contributed by atoms with Crippen molar-refractivity contribution >= 4 is 0 Å². The summed E-state index contributed by atoms with van der Waals surface area (Å²) in [7, 11) is 0. The molecule has 0 nitrogen and oxygen atoms in total. The van der Waals surface area contributed by atoms with E-state index in [4.69, 9.17) is 0 Å². The Kier molecular flexibility index (Phi) is 5.07. The third-order valence-electron chi connectivity index (χ3n) is 2.05.